The number of hydrogen-bond acceptors (Lipinski definition) is 4. The van der Waals surface area contributed by atoms with Crippen molar-refractivity contribution in [1.82, 2.24) is 18.7 Å². The summed E-state index contributed by atoms with van der Waals surface area (Å²) in [5.74, 6) is 0. The molecule has 8 heteroatoms. The lowest BCUT2D eigenvalue weighted by molar-refractivity contribution is 0.214. The number of aryl methyl sites for hydroxylation is 1. The van der Waals surface area contributed by atoms with Gasteiger partial charge < -0.3 is 4.74 Å². The van der Waals surface area contributed by atoms with Crippen molar-refractivity contribution in [3.63, 3.8) is 0 Å². The molecule has 0 radical (unpaired) electrons. The van der Waals surface area contributed by atoms with Gasteiger partial charge in [-0.25, -0.2) is 4.79 Å². The fraction of sp³-hybridized carbons (Fsp3) is 0.353. The van der Waals surface area contributed by atoms with E-state index in [4.69, 9.17) is 16.3 Å². The minimum absolute atomic E-state index is 0.123. The zero-order chi connectivity index (χ0) is 18.3. The molecule has 0 atom stereocenters. The summed E-state index contributed by atoms with van der Waals surface area (Å²) >= 11 is 5.94. The van der Waals surface area contributed by atoms with Crippen LogP contribution < -0.4 is 16.0 Å². The molecule has 0 spiro atoms. The normalized spacial score (nSPS) is 11.4. The van der Waals surface area contributed by atoms with Gasteiger partial charge >= 0.3 is 5.69 Å². The van der Waals surface area contributed by atoms with Crippen molar-refractivity contribution >= 4 is 22.8 Å². The molecule has 0 fully saturated rings. The van der Waals surface area contributed by atoms with Crippen LogP contribution in [0, 0.1) is 0 Å². The van der Waals surface area contributed by atoms with Crippen LogP contribution in [-0.2, 0) is 20.6 Å². The van der Waals surface area contributed by atoms with Crippen molar-refractivity contribution in [3.8, 4) is 6.01 Å². The second-order valence-corrected chi connectivity index (χ2v) is 6.59. The Morgan fingerprint density at radius 2 is 1.76 bits per heavy atom. The Hall–Kier alpha value is -2.54. The highest BCUT2D eigenvalue weighted by Crippen LogP contribution is 2.21. The third-order valence-electron chi connectivity index (χ3n) is 3.91. The summed E-state index contributed by atoms with van der Waals surface area (Å²) in [5.41, 5.74) is 0.740. The van der Waals surface area contributed by atoms with Crippen molar-refractivity contribution in [1.29, 1.82) is 0 Å². The van der Waals surface area contributed by atoms with E-state index in [0.717, 1.165) is 10.1 Å². The number of aromatic nitrogens is 4. The summed E-state index contributed by atoms with van der Waals surface area (Å²) in [5, 5.41) is 0.635. The van der Waals surface area contributed by atoms with E-state index >= 15 is 0 Å². The standard InChI is InChI=1S/C17H19ClN4O3/c1-10(2)25-16-19-14-13(15(23)21(4)17(24)20(14)3)22(16)9-11-5-7-12(18)8-6-11/h5-8,10H,9H2,1-4H3. The molecule has 7 nitrogen and oxygen atoms in total. The molecule has 3 aromatic rings. The van der Waals surface area contributed by atoms with Gasteiger partial charge in [-0.05, 0) is 31.5 Å². The summed E-state index contributed by atoms with van der Waals surface area (Å²) in [4.78, 5) is 29.2. The van der Waals surface area contributed by atoms with Gasteiger partial charge in [0.2, 0.25) is 0 Å². The van der Waals surface area contributed by atoms with Gasteiger partial charge in [-0.1, -0.05) is 23.7 Å². The molecule has 0 aliphatic carbocycles. The number of rotatable bonds is 4. The molecule has 0 aliphatic rings. The van der Waals surface area contributed by atoms with Gasteiger partial charge in [0.25, 0.3) is 11.6 Å². The van der Waals surface area contributed by atoms with Crippen LogP contribution in [0.15, 0.2) is 33.9 Å². The van der Waals surface area contributed by atoms with E-state index in [1.54, 1.807) is 23.7 Å². The highest BCUT2D eigenvalue weighted by molar-refractivity contribution is 6.30. The predicted octanol–water partition coefficient (Wildman–Crippen LogP) is 1.92. The van der Waals surface area contributed by atoms with Gasteiger partial charge in [0.1, 0.15) is 0 Å². The van der Waals surface area contributed by atoms with Crippen LogP contribution in [0.2, 0.25) is 5.02 Å². The Labute approximate surface area is 149 Å². The lowest BCUT2D eigenvalue weighted by atomic mass is 10.2. The third-order valence-corrected chi connectivity index (χ3v) is 4.16. The van der Waals surface area contributed by atoms with Crippen LogP contribution in [0.3, 0.4) is 0 Å². The topological polar surface area (TPSA) is 71.1 Å². The first-order valence-electron chi connectivity index (χ1n) is 7.87. The first-order valence-corrected chi connectivity index (χ1v) is 8.24. The van der Waals surface area contributed by atoms with Gasteiger partial charge in [-0.3, -0.25) is 18.5 Å². The summed E-state index contributed by atoms with van der Waals surface area (Å²) < 4.78 is 9.89. The average molecular weight is 363 g/mol. The molecule has 0 amide bonds. The van der Waals surface area contributed by atoms with Gasteiger partial charge in [0, 0.05) is 19.1 Å². The number of hydrogen-bond donors (Lipinski definition) is 0. The monoisotopic (exact) mass is 362 g/mol. The minimum atomic E-state index is -0.426. The van der Waals surface area contributed by atoms with Crippen molar-refractivity contribution in [2.75, 3.05) is 0 Å². The van der Waals surface area contributed by atoms with Gasteiger partial charge in [0.15, 0.2) is 11.2 Å². The van der Waals surface area contributed by atoms with Crippen LogP contribution in [0.25, 0.3) is 11.2 Å². The molecule has 0 N–H and O–H groups in total. The SMILES string of the molecule is CC(C)Oc1nc2c(c(=O)n(C)c(=O)n2C)n1Cc1ccc(Cl)cc1. The summed E-state index contributed by atoms with van der Waals surface area (Å²) in [6.07, 6.45) is -0.123. The quantitative estimate of drug-likeness (QED) is 0.711. The molecule has 0 aliphatic heterocycles. The maximum atomic E-state index is 12.7. The number of nitrogens with zero attached hydrogens (tertiary/aromatic N) is 4. The fourth-order valence-electron chi connectivity index (χ4n) is 2.65. The third kappa shape index (κ3) is 3.07. The van der Waals surface area contributed by atoms with Crippen LogP contribution >= 0.6 is 11.6 Å². The Kier molecular flexibility index (Phi) is 4.43. The van der Waals surface area contributed by atoms with Gasteiger partial charge in [-0.15, -0.1) is 0 Å². The molecule has 3 rings (SSSR count). The molecule has 0 bridgehead atoms. The zero-order valence-electron chi connectivity index (χ0n) is 14.5. The van der Waals surface area contributed by atoms with E-state index in [1.807, 2.05) is 26.0 Å². The van der Waals surface area contributed by atoms with Crippen LogP contribution in [0.5, 0.6) is 6.01 Å². The Morgan fingerprint density at radius 3 is 2.36 bits per heavy atom. The van der Waals surface area contributed by atoms with Crippen molar-refractivity contribution in [2.45, 2.75) is 26.5 Å². The van der Waals surface area contributed by atoms with E-state index in [0.29, 0.717) is 28.7 Å². The zero-order valence-corrected chi connectivity index (χ0v) is 15.2. The molecule has 25 heavy (non-hydrogen) atoms. The lowest BCUT2D eigenvalue weighted by Gasteiger charge is -2.12. The summed E-state index contributed by atoms with van der Waals surface area (Å²) in [6.45, 7) is 4.13. The molecule has 1 aromatic carbocycles. The van der Waals surface area contributed by atoms with Gasteiger partial charge in [-0.2, -0.15) is 4.98 Å². The minimum Gasteiger partial charge on any atom is -0.462 e. The Morgan fingerprint density at radius 1 is 1.12 bits per heavy atom. The van der Waals surface area contributed by atoms with E-state index < -0.39 is 11.2 Å². The van der Waals surface area contributed by atoms with Crippen molar-refractivity contribution < 1.29 is 4.74 Å². The van der Waals surface area contributed by atoms with Crippen LogP contribution in [0.1, 0.15) is 19.4 Å². The highest BCUT2D eigenvalue weighted by atomic mass is 35.5. The number of halogens is 1. The molecule has 132 valence electrons. The van der Waals surface area contributed by atoms with E-state index in [9.17, 15) is 9.59 Å². The fourth-order valence-corrected chi connectivity index (χ4v) is 2.77. The largest absolute Gasteiger partial charge is 0.462 e. The van der Waals surface area contributed by atoms with Crippen LogP contribution in [0.4, 0.5) is 0 Å². The summed E-state index contributed by atoms with van der Waals surface area (Å²) in [6, 6.07) is 7.62. The first-order chi connectivity index (χ1) is 11.8. The first kappa shape index (κ1) is 17.3. The highest BCUT2D eigenvalue weighted by Gasteiger charge is 2.20. The van der Waals surface area contributed by atoms with Crippen molar-refractivity contribution in [3.05, 3.63) is 55.7 Å². The smallest absolute Gasteiger partial charge is 0.332 e. The molecule has 0 saturated carbocycles. The molecular formula is C17H19ClN4O3. The van der Waals surface area contributed by atoms with E-state index in [2.05, 4.69) is 4.98 Å². The second kappa shape index (κ2) is 6.40. The number of fused-ring (bicyclic) bond motifs is 1. The molecule has 2 aromatic heterocycles. The van der Waals surface area contributed by atoms with E-state index in [-0.39, 0.29) is 6.10 Å². The maximum Gasteiger partial charge on any atom is 0.332 e. The number of benzene rings is 1. The predicted molar refractivity (Wildman–Crippen MR) is 96.5 cm³/mol. The summed E-state index contributed by atoms with van der Waals surface area (Å²) in [7, 11) is 3.04. The Bertz CT molecular complexity index is 1040. The maximum absolute atomic E-state index is 12.7. The molecular weight excluding hydrogens is 344 g/mol. The second-order valence-electron chi connectivity index (χ2n) is 6.15. The van der Waals surface area contributed by atoms with Gasteiger partial charge in [0.05, 0.1) is 12.6 Å². The Balaban J connectivity index is 2.28. The van der Waals surface area contributed by atoms with Crippen LogP contribution in [-0.4, -0.2) is 24.8 Å². The number of imidazole rings is 1. The molecule has 0 unspecified atom stereocenters. The lowest BCUT2D eigenvalue weighted by Crippen LogP contribution is -2.37. The average Bonchev–Trinajstić information content (AvgIpc) is 2.91. The number of ether oxygens (including phenoxy) is 1. The van der Waals surface area contributed by atoms with E-state index in [1.165, 1.54) is 11.6 Å². The van der Waals surface area contributed by atoms with Crippen molar-refractivity contribution in [2.24, 2.45) is 14.1 Å². The molecule has 0 saturated heterocycles. The molecule has 2 heterocycles.